The van der Waals surface area contributed by atoms with Crippen LogP contribution in [0.2, 0.25) is 6.32 Å². The summed E-state index contributed by atoms with van der Waals surface area (Å²) in [5.74, 6) is 0. The summed E-state index contributed by atoms with van der Waals surface area (Å²) in [7, 11) is 0. The number of carbonyl (C=O) groups excluding carboxylic acids is 1. The van der Waals surface area contributed by atoms with Crippen LogP contribution in [-0.4, -0.2) is 18.8 Å². The van der Waals surface area contributed by atoms with E-state index in [1.807, 2.05) is 24.3 Å². The van der Waals surface area contributed by atoms with E-state index in [4.69, 9.17) is 4.65 Å². The highest BCUT2D eigenvalue weighted by molar-refractivity contribution is 6.69. The number of carbonyl (C=O) groups is 1. The van der Waals surface area contributed by atoms with Crippen molar-refractivity contribution in [2.24, 2.45) is 5.41 Å². The van der Waals surface area contributed by atoms with Crippen LogP contribution in [0.15, 0.2) is 24.3 Å². The third kappa shape index (κ3) is 2.04. The van der Waals surface area contributed by atoms with Crippen molar-refractivity contribution in [1.82, 2.24) is 0 Å². The Bertz CT molecular complexity index is 422. The molecule has 1 saturated heterocycles. The van der Waals surface area contributed by atoms with Gasteiger partial charge in [-0.15, -0.1) is 0 Å². The zero-order valence-corrected chi connectivity index (χ0v) is 11.0. The maximum absolute atomic E-state index is 11.1. The number of hydrogen-bond donors (Lipinski definition) is 0. The molecule has 0 radical (unpaired) electrons. The molecule has 1 aromatic rings. The molecule has 3 heteroatoms. The lowest BCUT2D eigenvalue weighted by molar-refractivity contribution is 0.0375. The smallest absolute Gasteiger partial charge is 0.328 e. The lowest BCUT2D eigenvalue weighted by Gasteiger charge is -2.34. The molecule has 0 bridgehead atoms. The summed E-state index contributed by atoms with van der Waals surface area (Å²) in [6, 6.07) is 7.69. The summed E-state index contributed by atoms with van der Waals surface area (Å²) in [5.41, 5.74) is 1.72. The van der Waals surface area contributed by atoms with Crippen LogP contribution < -0.4 is 5.46 Å². The van der Waals surface area contributed by atoms with E-state index in [2.05, 4.69) is 27.7 Å². The van der Waals surface area contributed by atoms with Crippen molar-refractivity contribution < 1.29 is 9.45 Å². The van der Waals surface area contributed by atoms with Crippen LogP contribution in [0.1, 0.15) is 38.1 Å². The van der Waals surface area contributed by atoms with Crippen molar-refractivity contribution >= 4 is 18.7 Å². The monoisotopic (exact) mass is 230 g/mol. The molecular formula is C14H19BO2. The van der Waals surface area contributed by atoms with Crippen LogP contribution in [0.25, 0.3) is 0 Å². The average Bonchev–Trinajstić information content (AvgIpc) is 2.48. The van der Waals surface area contributed by atoms with Gasteiger partial charge in [-0.3, -0.25) is 4.79 Å². The molecule has 0 unspecified atom stereocenters. The van der Waals surface area contributed by atoms with Gasteiger partial charge in [0.2, 0.25) is 0 Å². The molecule has 17 heavy (non-hydrogen) atoms. The normalized spacial score (nSPS) is 21.5. The second-order valence-electron chi connectivity index (χ2n) is 5.95. The number of rotatable bonds is 2. The van der Waals surface area contributed by atoms with Crippen molar-refractivity contribution in [1.29, 1.82) is 0 Å². The summed E-state index contributed by atoms with van der Waals surface area (Å²) in [4.78, 5) is 11.1. The Kier molecular flexibility index (Phi) is 2.90. The fourth-order valence-corrected chi connectivity index (χ4v) is 2.35. The summed E-state index contributed by atoms with van der Waals surface area (Å²) >= 11 is 0. The molecule has 0 amide bonds. The van der Waals surface area contributed by atoms with E-state index in [0.29, 0.717) is 0 Å². The van der Waals surface area contributed by atoms with E-state index >= 15 is 0 Å². The maximum Gasteiger partial charge on any atom is 0.328 e. The Balaban J connectivity index is 2.35. The van der Waals surface area contributed by atoms with Crippen molar-refractivity contribution in [2.75, 3.05) is 0 Å². The van der Waals surface area contributed by atoms with Crippen molar-refractivity contribution in [2.45, 2.75) is 39.6 Å². The van der Waals surface area contributed by atoms with Gasteiger partial charge in [-0.05, 0) is 31.0 Å². The fraction of sp³-hybridized carbons (Fsp3) is 0.500. The highest BCUT2D eigenvalue weighted by atomic mass is 16.5. The van der Waals surface area contributed by atoms with Crippen LogP contribution in [0.4, 0.5) is 0 Å². The molecule has 0 aliphatic carbocycles. The summed E-state index contributed by atoms with van der Waals surface area (Å²) in [6.07, 6.45) is 1.86. The molecule has 1 fully saturated rings. The van der Waals surface area contributed by atoms with E-state index in [1.54, 1.807) is 0 Å². The minimum Gasteiger partial charge on any atom is -0.426 e. The molecule has 0 N–H and O–H groups in total. The van der Waals surface area contributed by atoms with Crippen LogP contribution in [0.3, 0.4) is 0 Å². The quantitative estimate of drug-likeness (QED) is 0.576. The Labute approximate surface area is 103 Å². The molecule has 0 saturated carbocycles. The third-order valence-corrected chi connectivity index (χ3v) is 4.23. The lowest BCUT2D eigenvalue weighted by atomic mass is 9.53. The SMILES string of the molecule is CC1(C)CB(c2ccccc2C=O)OC1(C)C. The van der Waals surface area contributed by atoms with Crippen molar-refractivity contribution in [3.63, 3.8) is 0 Å². The van der Waals surface area contributed by atoms with Gasteiger partial charge >= 0.3 is 6.92 Å². The molecule has 1 heterocycles. The Morgan fingerprint density at radius 2 is 1.88 bits per heavy atom. The second-order valence-corrected chi connectivity index (χ2v) is 5.95. The van der Waals surface area contributed by atoms with Gasteiger partial charge in [-0.2, -0.15) is 0 Å². The van der Waals surface area contributed by atoms with E-state index in [9.17, 15) is 4.79 Å². The molecular weight excluding hydrogens is 211 g/mol. The van der Waals surface area contributed by atoms with E-state index in [1.165, 1.54) is 0 Å². The second kappa shape index (κ2) is 3.99. The lowest BCUT2D eigenvalue weighted by Crippen LogP contribution is -2.37. The molecule has 1 aliphatic heterocycles. The Morgan fingerprint density at radius 3 is 2.41 bits per heavy atom. The highest BCUT2D eigenvalue weighted by Gasteiger charge is 2.50. The zero-order valence-electron chi connectivity index (χ0n) is 11.0. The Hall–Kier alpha value is -1.09. The van der Waals surface area contributed by atoms with Crippen molar-refractivity contribution in [3.8, 4) is 0 Å². The van der Waals surface area contributed by atoms with Crippen LogP contribution >= 0.6 is 0 Å². The summed E-state index contributed by atoms with van der Waals surface area (Å²) < 4.78 is 6.13. The first kappa shape index (κ1) is 12.4. The average molecular weight is 230 g/mol. The largest absolute Gasteiger partial charge is 0.426 e. The highest BCUT2D eigenvalue weighted by Crippen LogP contribution is 2.45. The molecule has 1 aromatic carbocycles. The number of benzene rings is 1. The van der Waals surface area contributed by atoms with Gasteiger partial charge in [0.15, 0.2) is 0 Å². The molecule has 2 rings (SSSR count). The summed E-state index contributed by atoms with van der Waals surface area (Å²) in [5, 5.41) is 0. The molecule has 90 valence electrons. The van der Waals surface area contributed by atoms with Gasteiger partial charge in [0, 0.05) is 5.56 Å². The molecule has 0 aromatic heterocycles. The predicted molar refractivity (Wildman–Crippen MR) is 71.0 cm³/mol. The zero-order chi connectivity index (χ0) is 12.7. The molecule has 1 aliphatic rings. The van der Waals surface area contributed by atoms with Gasteiger partial charge in [0.05, 0.1) is 5.60 Å². The van der Waals surface area contributed by atoms with Gasteiger partial charge < -0.3 is 4.65 Å². The van der Waals surface area contributed by atoms with Crippen LogP contribution in [0.5, 0.6) is 0 Å². The van der Waals surface area contributed by atoms with Crippen molar-refractivity contribution in [3.05, 3.63) is 29.8 Å². The van der Waals surface area contributed by atoms with Gasteiger partial charge in [-0.1, -0.05) is 38.1 Å². The standard InChI is InChI=1S/C14H19BO2/c1-13(2)10-15(17-14(13,3)4)12-8-6-5-7-11(12)9-16/h5-9H,10H2,1-4H3. The number of hydrogen-bond acceptors (Lipinski definition) is 2. The molecule has 2 nitrogen and oxygen atoms in total. The topological polar surface area (TPSA) is 26.3 Å². The van der Waals surface area contributed by atoms with Gasteiger partial charge in [0.1, 0.15) is 6.29 Å². The fourth-order valence-electron chi connectivity index (χ4n) is 2.35. The van der Waals surface area contributed by atoms with Crippen LogP contribution in [0, 0.1) is 5.41 Å². The van der Waals surface area contributed by atoms with Crippen LogP contribution in [-0.2, 0) is 4.65 Å². The predicted octanol–water partition coefficient (Wildman–Crippen LogP) is 2.53. The first-order valence-electron chi connectivity index (χ1n) is 6.09. The minimum atomic E-state index is -0.159. The van der Waals surface area contributed by atoms with E-state index < -0.39 is 0 Å². The molecule has 0 spiro atoms. The maximum atomic E-state index is 11.1. The Morgan fingerprint density at radius 1 is 1.24 bits per heavy atom. The minimum absolute atomic E-state index is 0.0291. The number of aldehydes is 1. The first-order chi connectivity index (χ1) is 7.87. The van der Waals surface area contributed by atoms with E-state index in [0.717, 1.165) is 23.6 Å². The van der Waals surface area contributed by atoms with Gasteiger partial charge in [-0.25, -0.2) is 0 Å². The van der Waals surface area contributed by atoms with E-state index in [-0.39, 0.29) is 17.9 Å². The van der Waals surface area contributed by atoms with Gasteiger partial charge in [0.25, 0.3) is 0 Å². The summed E-state index contributed by atoms with van der Waals surface area (Å²) in [6.45, 7) is 8.71. The third-order valence-electron chi connectivity index (χ3n) is 4.23. The first-order valence-corrected chi connectivity index (χ1v) is 6.09. The molecule has 0 atom stereocenters.